The van der Waals surface area contributed by atoms with Crippen LogP contribution in [0.15, 0.2) is 84.9 Å². The molecule has 4 aromatic rings. The van der Waals surface area contributed by atoms with E-state index in [4.69, 9.17) is 0 Å². The Bertz CT molecular complexity index is 619. The van der Waals surface area contributed by atoms with Crippen LogP contribution in [0, 0.1) is 12.1 Å². The van der Waals surface area contributed by atoms with Gasteiger partial charge in [-0.1, -0.05) is 24.3 Å². The standard InChI is InChI=1S/2C10H7.Ru/c2*1-2-6-10-8-4-3-7-9(10)5-1;/h2*1-7H;/q2*-1;+2. The van der Waals surface area contributed by atoms with Crippen molar-refractivity contribution in [1.29, 1.82) is 0 Å². The molecule has 0 atom stereocenters. The third-order valence-corrected chi connectivity index (χ3v) is 3.14. The van der Waals surface area contributed by atoms with Gasteiger partial charge < -0.3 is 0 Å². The predicted molar refractivity (Wildman–Crippen MR) is 85.6 cm³/mol. The van der Waals surface area contributed by atoms with Crippen LogP contribution in [0.1, 0.15) is 0 Å². The van der Waals surface area contributed by atoms with Gasteiger partial charge in [0, 0.05) is 0 Å². The first-order chi connectivity index (χ1) is 9.93. The maximum Gasteiger partial charge on any atom is 2.00 e. The Morgan fingerprint density at radius 2 is 0.857 bits per heavy atom. The molecular formula is C20H14Ru. The minimum absolute atomic E-state index is 0. The van der Waals surface area contributed by atoms with E-state index in [9.17, 15) is 0 Å². The molecule has 0 aliphatic heterocycles. The van der Waals surface area contributed by atoms with E-state index in [1.165, 1.54) is 21.5 Å². The first kappa shape index (κ1) is 15.4. The van der Waals surface area contributed by atoms with Crippen LogP contribution < -0.4 is 0 Å². The first-order valence-corrected chi connectivity index (χ1v) is 6.64. The summed E-state index contributed by atoms with van der Waals surface area (Å²) in [6.45, 7) is 0. The number of benzene rings is 4. The summed E-state index contributed by atoms with van der Waals surface area (Å²) in [5.74, 6) is 0. The zero-order chi connectivity index (χ0) is 13.6. The molecule has 0 spiro atoms. The fraction of sp³-hybridized carbons (Fsp3) is 0. The van der Waals surface area contributed by atoms with E-state index in [0.29, 0.717) is 0 Å². The van der Waals surface area contributed by atoms with E-state index in [0.717, 1.165) is 0 Å². The molecular weight excluding hydrogens is 341 g/mol. The van der Waals surface area contributed by atoms with E-state index in [1.807, 2.05) is 48.5 Å². The Balaban J connectivity index is 0.000000147. The summed E-state index contributed by atoms with van der Waals surface area (Å²) < 4.78 is 0. The number of rotatable bonds is 0. The summed E-state index contributed by atoms with van der Waals surface area (Å²) >= 11 is 0. The van der Waals surface area contributed by atoms with Crippen molar-refractivity contribution in [1.82, 2.24) is 0 Å². The molecule has 4 rings (SSSR count). The van der Waals surface area contributed by atoms with Crippen molar-refractivity contribution in [2.45, 2.75) is 0 Å². The summed E-state index contributed by atoms with van der Waals surface area (Å²) in [5.41, 5.74) is 0. The molecule has 0 aliphatic rings. The molecule has 0 radical (unpaired) electrons. The normalized spacial score (nSPS) is 9.52. The molecule has 0 bridgehead atoms. The average molecular weight is 355 g/mol. The summed E-state index contributed by atoms with van der Waals surface area (Å²) in [7, 11) is 0. The molecule has 0 saturated carbocycles. The second-order valence-electron chi connectivity index (χ2n) is 4.51. The van der Waals surface area contributed by atoms with Crippen molar-refractivity contribution in [3.8, 4) is 0 Å². The molecule has 0 fully saturated rings. The van der Waals surface area contributed by atoms with Crippen molar-refractivity contribution < 1.29 is 19.5 Å². The molecule has 0 nitrogen and oxygen atoms in total. The van der Waals surface area contributed by atoms with Gasteiger partial charge in [0.25, 0.3) is 0 Å². The largest absolute Gasteiger partial charge is 2.00 e. The van der Waals surface area contributed by atoms with E-state index >= 15 is 0 Å². The summed E-state index contributed by atoms with van der Waals surface area (Å²) in [4.78, 5) is 0. The van der Waals surface area contributed by atoms with Crippen LogP contribution in [-0.4, -0.2) is 0 Å². The zero-order valence-corrected chi connectivity index (χ0v) is 13.2. The predicted octanol–water partition coefficient (Wildman–Crippen LogP) is 5.28. The second kappa shape index (κ2) is 7.71. The van der Waals surface area contributed by atoms with Gasteiger partial charge in [-0.15, -0.1) is 94.3 Å². The summed E-state index contributed by atoms with van der Waals surface area (Å²) in [6, 6.07) is 34.8. The molecule has 21 heavy (non-hydrogen) atoms. The average Bonchev–Trinajstić information content (AvgIpc) is 2.56. The minimum Gasteiger partial charge on any atom is -0.147 e. The van der Waals surface area contributed by atoms with E-state index in [-0.39, 0.29) is 19.5 Å². The maximum atomic E-state index is 3.15. The van der Waals surface area contributed by atoms with Crippen LogP contribution in [0.5, 0.6) is 0 Å². The van der Waals surface area contributed by atoms with Crippen LogP contribution in [-0.2, 0) is 19.5 Å². The number of hydrogen-bond donors (Lipinski definition) is 0. The van der Waals surface area contributed by atoms with Gasteiger partial charge in [0.05, 0.1) is 0 Å². The van der Waals surface area contributed by atoms with Crippen molar-refractivity contribution >= 4 is 21.5 Å². The molecule has 0 N–H and O–H groups in total. The summed E-state index contributed by atoms with van der Waals surface area (Å²) in [6.07, 6.45) is 0. The van der Waals surface area contributed by atoms with Crippen molar-refractivity contribution in [3.63, 3.8) is 0 Å². The van der Waals surface area contributed by atoms with Gasteiger partial charge in [0.1, 0.15) is 0 Å². The fourth-order valence-electron chi connectivity index (χ4n) is 2.13. The third-order valence-electron chi connectivity index (χ3n) is 3.14. The maximum absolute atomic E-state index is 3.15. The van der Waals surface area contributed by atoms with E-state index in [1.54, 1.807) is 0 Å². The zero-order valence-electron chi connectivity index (χ0n) is 11.4. The molecule has 4 aromatic carbocycles. The van der Waals surface area contributed by atoms with Gasteiger partial charge in [-0.3, -0.25) is 0 Å². The quantitative estimate of drug-likeness (QED) is 0.297. The second-order valence-corrected chi connectivity index (χ2v) is 4.51. The summed E-state index contributed by atoms with van der Waals surface area (Å²) in [5, 5.41) is 4.88. The van der Waals surface area contributed by atoms with Crippen LogP contribution in [0.25, 0.3) is 21.5 Å². The smallest absolute Gasteiger partial charge is 0.147 e. The first-order valence-electron chi connectivity index (χ1n) is 6.64. The van der Waals surface area contributed by atoms with Crippen molar-refractivity contribution in [2.24, 2.45) is 0 Å². The Morgan fingerprint density at radius 1 is 0.476 bits per heavy atom. The molecule has 0 aromatic heterocycles. The fourth-order valence-corrected chi connectivity index (χ4v) is 2.13. The van der Waals surface area contributed by atoms with E-state index < -0.39 is 0 Å². The van der Waals surface area contributed by atoms with Gasteiger partial charge in [-0.05, 0) is 0 Å². The Labute approximate surface area is 138 Å². The number of hydrogen-bond acceptors (Lipinski definition) is 0. The molecule has 0 saturated heterocycles. The van der Waals surface area contributed by atoms with Gasteiger partial charge in [0.15, 0.2) is 0 Å². The molecule has 0 aliphatic carbocycles. The molecule has 0 heterocycles. The van der Waals surface area contributed by atoms with Gasteiger partial charge in [0.2, 0.25) is 0 Å². The van der Waals surface area contributed by atoms with Crippen LogP contribution in [0.2, 0.25) is 0 Å². The van der Waals surface area contributed by atoms with Crippen molar-refractivity contribution in [3.05, 3.63) is 97.1 Å². The molecule has 0 amide bonds. The SMILES string of the molecule is [Ru+2].[c-]1cccc2ccccc12.[c-]1cccc2ccccc12. The van der Waals surface area contributed by atoms with Gasteiger partial charge in [-0.2, -0.15) is 0 Å². The molecule has 1 heteroatoms. The Hall–Kier alpha value is -1.98. The minimum atomic E-state index is 0. The molecule has 0 unspecified atom stereocenters. The topological polar surface area (TPSA) is 0 Å². The van der Waals surface area contributed by atoms with Gasteiger partial charge >= 0.3 is 19.5 Å². The third kappa shape index (κ3) is 4.00. The van der Waals surface area contributed by atoms with Crippen molar-refractivity contribution in [2.75, 3.05) is 0 Å². The van der Waals surface area contributed by atoms with Gasteiger partial charge in [-0.25, -0.2) is 0 Å². The van der Waals surface area contributed by atoms with Crippen LogP contribution >= 0.6 is 0 Å². The van der Waals surface area contributed by atoms with Crippen LogP contribution in [0.4, 0.5) is 0 Å². The van der Waals surface area contributed by atoms with Crippen LogP contribution in [0.3, 0.4) is 0 Å². The van der Waals surface area contributed by atoms with E-state index in [2.05, 4.69) is 48.5 Å². The Morgan fingerprint density at radius 3 is 1.29 bits per heavy atom. The molecule has 102 valence electrons. The monoisotopic (exact) mass is 356 g/mol. The Kier molecular flexibility index (Phi) is 5.66. The number of fused-ring (bicyclic) bond motifs is 2.